The minimum Gasteiger partial charge on any atom is -0.395 e. The number of nitrogens with zero attached hydrogens (tertiary/aromatic N) is 1. The first-order valence-electron chi connectivity index (χ1n) is 6.22. The summed E-state index contributed by atoms with van der Waals surface area (Å²) in [7, 11) is 2.15. The highest BCUT2D eigenvalue weighted by atomic mass is 16.5. The van der Waals surface area contributed by atoms with Gasteiger partial charge in [0.05, 0.1) is 18.8 Å². The number of hydrogen-bond donors (Lipinski definition) is 1. The van der Waals surface area contributed by atoms with Gasteiger partial charge >= 0.3 is 0 Å². The highest BCUT2D eigenvalue weighted by Crippen LogP contribution is 2.60. The van der Waals surface area contributed by atoms with E-state index < -0.39 is 0 Å². The molecule has 4 atom stereocenters. The first-order valence-corrected chi connectivity index (χ1v) is 6.22. The molecule has 4 rings (SSSR count). The topological polar surface area (TPSA) is 32.7 Å². The molecule has 2 saturated carbocycles. The van der Waals surface area contributed by atoms with Crippen molar-refractivity contribution in [2.24, 2.45) is 11.8 Å². The Balaban J connectivity index is 1.74. The summed E-state index contributed by atoms with van der Waals surface area (Å²) >= 11 is 0. The minimum absolute atomic E-state index is 0.261. The first-order chi connectivity index (χ1) is 7.27. The maximum atomic E-state index is 9.01. The van der Waals surface area contributed by atoms with Gasteiger partial charge < -0.3 is 14.7 Å². The molecule has 0 aromatic carbocycles. The molecule has 2 heterocycles. The number of rotatable bonds is 3. The van der Waals surface area contributed by atoms with Crippen LogP contribution in [0.2, 0.25) is 0 Å². The molecule has 0 amide bonds. The van der Waals surface area contributed by atoms with Crippen LogP contribution in [0.3, 0.4) is 0 Å². The van der Waals surface area contributed by atoms with Crippen LogP contribution in [0, 0.1) is 11.8 Å². The number of ether oxygens (including phenoxy) is 1. The Morgan fingerprint density at radius 3 is 3.13 bits per heavy atom. The predicted octanol–water partition coefficient (Wildman–Crippen LogP) is 0.868. The van der Waals surface area contributed by atoms with Crippen LogP contribution in [0.25, 0.3) is 0 Å². The van der Waals surface area contributed by atoms with Crippen molar-refractivity contribution >= 4 is 0 Å². The van der Waals surface area contributed by atoms with E-state index in [1.165, 1.54) is 25.7 Å². The van der Waals surface area contributed by atoms with Crippen LogP contribution in [0.4, 0.5) is 0 Å². The second kappa shape index (κ2) is 3.44. The van der Waals surface area contributed by atoms with Gasteiger partial charge in [0, 0.05) is 18.5 Å². The molecular weight excluding hydrogens is 190 g/mol. The fourth-order valence-electron chi connectivity index (χ4n) is 4.18. The van der Waals surface area contributed by atoms with Gasteiger partial charge in [-0.2, -0.15) is 0 Å². The van der Waals surface area contributed by atoms with Crippen molar-refractivity contribution in [1.82, 2.24) is 4.90 Å². The quantitative estimate of drug-likeness (QED) is 0.752. The van der Waals surface area contributed by atoms with Gasteiger partial charge in [-0.05, 0) is 38.6 Å². The molecule has 4 aliphatic rings. The molecule has 0 aromatic rings. The van der Waals surface area contributed by atoms with Crippen LogP contribution < -0.4 is 0 Å². The molecule has 1 N–H and O–H groups in total. The van der Waals surface area contributed by atoms with Crippen LogP contribution in [0.1, 0.15) is 25.7 Å². The van der Waals surface area contributed by atoms with Crippen LogP contribution >= 0.6 is 0 Å². The second-order valence-electron chi connectivity index (χ2n) is 5.53. The van der Waals surface area contributed by atoms with Crippen molar-refractivity contribution in [1.29, 1.82) is 0 Å². The zero-order chi connectivity index (χ0) is 10.5. The van der Waals surface area contributed by atoms with Crippen molar-refractivity contribution < 1.29 is 9.84 Å². The Morgan fingerprint density at radius 2 is 2.40 bits per heavy atom. The number of hydrogen-bond acceptors (Lipinski definition) is 3. The Bertz CT molecular complexity index is 254. The number of aliphatic hydroxyl groups is 1. The fraction of sp³-hybridized carbons (Fsp3) is 1.00. The summed E-state index contributed by atoms with van der Waals surface area (Å²) in [6.45, 7) is 2.08. The lowest BCUT2D eigenvalue weighted by molar-refractivity contribution is -0.114. The first kappa shape index (κ1) is 10.1. The molecule has 0 aromatic heterocycles. The Labute approximate surface area is 91.4 Å². The highest BCUT2D eigenvalue weighted by Gasteiger charge is 2.64. The average Bonchev–Trinajstić information content (AvgIpc) is 2.75. The SMILES string of the molecule is CN(CCO)C1CCCC23CC(CO2)C13. The number of aliphatic hydroxyl groups excluding tert-OH is 1. The van der Waals surface area contributed by atoms with Gasteiger partial charge in [0.15, 0.2) is 0 Å². The molecule has 2 bridgehead atoms. The molecule has 3 nitrogen and oxygen atoms in total. The van der Waals surface area contributed by atoms with E-state index in [1.807, 2.05) is 0 Å². The lowest BCUT2D eigenvalue weighted by Crippen LogP contribution is -2.60. The second-order valence-corrected chi connectivity index (χ2v) is 5.53. The van der Waals surface area contributed by atoms with Crippen molar-refractivity contribution in [3.63, 3.8) is 0 Å². The number of likely N-dealkylation sites (N-methyl/N-ethyl adjacent to an activating group) is 1. The van der Waals surface area contributed by atoms with Gasteiger partial charge in [0.2, 0.25) is 0 Å². The Kier molecular flexibility index (Phi) is 2.31. The molecule has 2 saturated heterocycles. The van der Waals surface area contributed by atoms with E-state index in [1.54, 1.807) is 0 Å². The van der Waals surface area contributed by atoms with E-state index in [4.69, 9.17) is 9.84 Å². The predicted molar refractivity (Wildman–Crippen MR) is 57.6 cm³/mol. The molecule has 86 valence electrons. The number of fused-ring (bicyclic) bond motifs is 1. The molecule has 1 spiro atoms. The van der Waals surface area contributed by atoms with Gasteiger partial charge in [-0.1, -0.05) is 0 Å². The van der Waals surface area contributed by atoms with Crippen LogP contribution in [0.15, 0.2) is 0 Å². The van der Waals surface area contributed by atoms with E-state index >= 15 is 0 Å². The van der Waals surface area contributed by atoms with Gasteiger partial charge in [-0.3, -0.25) is 0 Å². The van der Waals surface area contributed by atoms with Crippen molar-refractivity contribution in [2.75, 3.05) is 26.8 Å². The highest BCUT2D eigenvalue weighted by molar-refractivity contribution is 5.14. The molecule has 4 fully saturated rings. The molecule has 0 radical (unpaired) electrons. The maximum Gasteiger partial charge on any atom is 0.0732 e. The molecular formula is C12H21NO2. The molecule has 15 heavy (non-hydrogen) atoms. The Morgan fingerprint density at radius 1 is 1.53 bits per heavy atom. The summed E-state index contributed by atoms with van der Waals surface area (Å²) in [4.78, 5) is 2.35. The van der Waals surface area contributed by atoms with Crippen molar-refractivity contribution in [3.05, 3.63) is 0 Å². The van der Waals surface area contributed by atoms with Crippen molar-refractivity contribution in [3.8, 4) is 0 Å². The standard InChI is InChI=1S/C12H21NO2/c1-13(5-6-14)10-3-2-4-12-7-9(8-15-12)11(10)12/h9-11,14H,2-8H2,1H3. The molecule has 2 aliphatic carbocycles. The van der Waals surface area contributed by atoms with E-state index in [9.17, 15) is 0 Å². The summed E-state index contributed by atoms with van der Waals surface area (Å²) < 4.78 is 5.99. The van der Waals surface area contributed by atoms with E-state index in [2.05, 4.69) is 11.9 Å². The van der Waals surface area contributed by atoms with Crippen LogP contribution in [0.5, 0.6) is 0 Å². The summed E-state index contributed by atoms with van der Waals surface area (Å²) in [5, 5.41) is 9.01. The van der Waals surface area contributed by atoms with E-state index in [-0.39, 0.29) is 12.2 Å². The van der Waals surface area contributed by atoms with Gasteiger partial charge in [0.1, 0.15) is 0 Å². The lowest BCUT2D eigenvalue weighted by atomic mass is 9.55. The zero-order valence-corrected chi connectivity index (χ0v) is 9.48. The van der Waals surface area contributed by atoms with E-state index in [0.717, 1.165) is 25.0 Å². The Hall–Kier alpha value is -0.120. The third-order valence-electron chi connectivity index (χ3n) is 4.84. The van der Waals surface area contributed by atoms with E-state index in [0.29, 0.717) is 6.04 Å². The third-order valence-corrected chi connectivity index (χ3v) is 4.84. The van der Waals surface area contributed by atoms with Crippen molar-refractivity contribution in [2.45, 2.75) is 37.3 Å². The molecule has 2 aliphatic heterocycles. The fourth-order valence-corrected chi connectivity index (χ4v) is 4.18. The largest absolute Gasteiger partial charge is 0.395 e. The van der Waals surface area contributed by atoms with Gasteiger partial charge in [-0.25, -0.2) is 0 Å². The molecule has 4 unspecified atom stereocenters. The summed E-state index contributed by atoms with van der Waals surface area (Å²) in [5.41, 5.74) is 0.261. The molecule has 3 heteroatoms. The summed E-state index contributed by atoms with van der Waals surface area (Å²) in [5.74, 6) is 1.58. The lowest BCUT2D eigenvalue weighted by Gasteiger charge is -2.54. The zero-order valence-electron chi connectivity index (χ0n) is 9.48. The van der Waals surface area contributed by atoms with Gasteiger partial charge in [0.25, 0.3) is 0 Å². The third kappa shape index (κ3) is 1.30. The minimum atomic E-state index is 0.261. The normalized spacial score (nSPS) is 47.8. The van der Waals surface area contributed by atoms with Gasteiger partial charge in [-0.15, -0.1) is 0 Å². The van der Waals surface area contributed by atoms with Crippen LogP contribution in [-0.4, -0.2) is 48.5 Å². The average molecular weight is 211 g/mol. The summed E-state index contributed by atoms with van der Waals surface area (Å²) in [6.07, 6.45) is 5.17. The monoisotopic (exact) mass is 211 g/mol. The maximum absolute atomic E-state index is 9.01. The van der Waals surface area contributed by atoms with Crippen LogP contribution in [-0.2, 0) is 4.74 Å². The smallest absolute Gasteiger partial charge is 0.0732 e. The summed E-state index contributed by atoms with van der Waals surface area (Å²) in [6, 6.07) is 0.659.